The second-order valence-corrected chi connectivity index (χ2v) is 5.64. The Morgan fingerprint density at radius 3 is 2.61 bits per heavy atom. The van der Waals surface area contributed by atoms with Gasteiger partial charge < -0.3 is 15.8 Å². The molecule has 3 N–H and O–H groups in total. The number of methoxy groups -OCH3 is 1. The van der Waals surface area contributed by atoms with Gasteiger partial charge in [-0.05, 0) is 31.5 Å². The van der Waals surface area contributed by atoms with Gasteiger partial charge in [-0.3, -0.25) is 0 Å². The maximum atomic E-state index is 5.81. The Hall–Kier alpha value is -1.68. The minimum absolute atomic E-state index is 0.704. The summed E-state index contributed by atoms with van der Waals surface area (Å²) in [6.07, 6.45) is 0. The summed E-state index contributed by atoms with van der Waals surface area (Å²) in [6, 6.07) is 7.89. The Morgan fingerprint density at radius 2 is 2.00 bits per heavy atom. The average molecular weight is 262 g/mol. The number of anilines is 2. The lowest BCUT2D eigenvalue weighted by Gasteiger charge is -2.08. The van der Waals surface area contributed by atoms with Crippen LogP contribution in [-0.2, 0) is 6.54 Å². The summed E-state index contributed by atoms with van der Waals surface area (Å²) in [6.45, 7) is 5.10. The SMILES string of the molecule is COc1cc(N)cc(NCc2cc(C)c(C)s2)c1. The van der Waals surface area contributed by atoms with Crippen molar-refractivity contribution in [3.8, 4) is 5.75 Å². The molecular formula is C14H18N2OS. The molecule has 0 aliphatic carbocycles. The summed E-state index contributed by atoms with van der Waals surface area (Å²) >= 11 is 1.82. The van der Waals surface area contributed by atoms with Gasteiger partial charge in [0.1, 0.15) is 5.75 Å². The lowest BCUT2D eigenvalue weighted by Crippen LogP contribution is -1.99. The van der Waals surface area contributed by atoms with E-state index in [-0.39, 0.29) is 0 Å². The number of nitrogen functional groups attached to an aromatic ring is 1. The van der Waals surface area contributed by atoms with Gasteiger partial charge in [0.25, 0.3) is 0 Å². The van der Waals surface area contributed by atoms with Crippen LogP contribution in [0.4, 0.5) is 11.4 Å². The first kappa shape index (κ1) is 12.8. The molecule has 0 bridgehead atoms. The Labute approximate surface area is 112 Å². The van der Waals surface area contributed by atoms with Gasteiger partial charge in [-0.25, -0.2) is 0 Å². The Bertz CT molecular complexity index is 529. The zero-order chi connectivity index (χ0) is 13.1. The van der Waals surface area contributed by atoms with Crippen molar-refractivity contribution in [1.82, 2.24) is 0 Å². The van der Waals surface area contributed by atoms with Gasteiger partial charge in [-0.2, -0.15) is 0 Å². The molecule has 0 unspecified atom stereocenters. The average Bonchev–Trinajstić information content (AvgIpc) is 2.65. The van der Waals surface area contributed by atoms with E-state index >= 15 is 0 Å². The molecule has 0 atom stereocenters. The largest absolute Gasteiger partial charge is 0.497 e. The molecule has 2 rings (SSSR count). The molecule has 0 aliphatic heterocycles. The van der Waals surface area contributed by atoms with Crippen LogP contribution in [0.3, 0.4) is 0 Å². The van der Waals surface area contributed by atoms with Crippen LogP contribution in [0.15, 0.2) is 24.3 Å². The van der Waals surface area contributed by atoms with E-state index in [1.807, 2.05) is 29.5 Å². The van der Waals surface area contributed by atoms with Crippen molar-refractivity contribution in [2.45, 2.75) is 20.4 Å². The molecule has 0 saturated heterocycles. The minimum atomic E-state index is 0.704. The van der Waals surface area contributed by atoms with Gasteiger partial charge in [-0.15, -0.1) is 11.3 Å². The Morgan fingerprint density at radius 1 is 1.22 bits per heavy atom. The first-order chi connectivity index (χ1) is 8.58. The van der Waals surface area contributed by atoms with Gasteiger partial charge in [0.05, 0.1) is 7.11 Å². The molecule has 2 aromatic rings. The molecule has 0 fully saturated rings. The van der Waals surface area contributed by atoms with Crippen LogP contribution < -0.4 is 15.8 Å². The van der Waals surface area contributed by atoms with Gasteiger partial charge in [0.15, 0.2) is 0 Å². The number of rotatable bonds is 4. The van der Waals surface area contributed by atoms with E-state index in [0.29, 0.717) is 5.69 Å². The minimum Gasteiger partial charge on any atom is -0.497 e. The number of thiophene rings is 1. The second-order valence-electron chi connectivity index (χ2n) is 4.30. The molecule has 18 heavy (non-hydrogen) atoms. The number of benzene rings is 1. The summed E-state index contributed by atoms with van der Waals surface area (Å²) in [4.78, 5) is 2.70. The lowest BCUT2D eigenvalue weighted by atomic mass is 10.2. The molecule has 96 valence electrons. The van der Waals surface area contributed by atoms with Crippen molar-refractivity contribution < 1.29 is 4.74 Å². The van der Waals surface area contributed by atoms with Crippen molar-refractivity contribution >= 4 is 22.7 Å². The fourth-order valence-electron chi connectivity index (χ4n) is 1.77. The molecular weight excluding hydrogens is 244 g/mol. The van der Waals surface area contributed by atoms with Gasteiger partial charge >= 0.3 is 0 Å². The van der Waals surface area contributed by atoms with E-state index in [2.05, 4.69) is 25.2 Å². The summed E-state index contributed by atoms with van der Waals surface area (Å²) in [7, 11) is 1.64. The summed E-state index contributed by atoms with van der Waals surface area (Å²) in [5.41, 5.74) is 8.85. The van der Waals surface area contributed by atoms with Crippen LogP contribution in [0.2, 0.25) is 0 Å². The highest BCUT2D eigenvalue weighted by Crippen LogP contribution is 2.25. The molecule has 1 aromatic carbocycles. The van der Waals surface area contributed by atoms with Gasteiger partial charge in [0.2, 0.25) is 0 Å². The number of nitrogens with two attached hydrogens (primary N) is 1. The van der Waals surface area contributed by atoms with E-state index < -0.39 is 0 Å². The van der Waals surface area contributed by atoms with E-state index in [4.69, 9.17) is 10.5 Å². The number of hydrogen-bond acceptors (Lipinski definition) is 4. The van der Waals surface area contributed by atoms with Crippen LogP contribution in [0, 0.1) is 13.8 Å². The third kappa shape index (κ3) is 2.96. The number of ether oxygens (including phenoxy) is 1. The normalized spacial score (nSPS) is 10.4. The standard InChI is InChI=1S/C14H18N2OS/c1-9-4-14(18-10(9)2)8-16-12-5-11(15)6-13(7-12)17-3/h4-7,16H,8,15H2,1-3H3. The topological polar surface area (TPSA) is 47.3 Å². The lowest BCUT2D eigenvalue weighted by molar-refractivity contribution is 0.415. The highest BCUT2D eigenvalue weighted by molar-refractivity contribution is 7.12. The maximum absolute atomic E-state index is 5.81. The quantitative estimate of drug-likeness (QED) is 0.828. The highest BCUT2D eigenvalue weighted by atomic mass is 32.1. The van der Waals surface area contributed by atoms with Crippen molar-refractivity contribution in [2.24, 2.45) is 0 Å². The first-order valence-electron chi connectivity index (χ1n) is 5.83. The van der Waals surface area contributed by atoms with Gasteiger partial charge in [-0.1, -0.05) is 0 Å². The zero-order valence-electron chi connectivity index (χ0n) is 10.9. The third-order valence-electron chi connectivity index (χ3n) is 2.85. The molecule has 1 aromatic heterocycles. The third-order valence-corrected chi connectivity index (χ3v) is 4.00. The molecule has 0 saturated carbocycles. The molecule has 0 spiro atoms. The first-order valence-corrected chi connectivity index (χ1v) is 6.64. The highest BCUT2D eigenvalue weighted by Gasteiger charge is 2.03. The number of aryl methyl sites for hydroxylation is 2. The Balaban J connectivity index is 2.07. The van der Waals surface area contributed by atoms with E-state index in [9.17, 15) is 0 Å². The van der Waals surface area contributed by atoms with Crippen molar-refractivity contribution in [1.29, 1.82) is 0 Å². The monoisotopic (exact) mass is 262 g/mol. The molecule has 0 radical (unpaired) electrons. The predicted molar refractivity (Wildman–Crippen MR) is 78.5 cm³/mol. The summed E-state index contributed by atoms with van der Waals surface area (Å²) in [5.74, 6) is 0.774. The molecule has 3 nitrogen and oxygen atoms in total. The van der Waals surface area contributed by atoms with E-state index in [1.165, 1.54) is 15.3 Å². The van der Waals surface area contributed by atoms with Crippen LogP contribution in [0.5, 0.6) is 5.75 Å². The fraction of sp³-hybridized carbons (Fsp3) is 0.286. The summed E-state index contributed by atoms with van der Waals surface area (Å²) in [5, 5.41) is 3.37. The van der Waals surface area contributed by atoms with Crippen LogP contribution in [0.25, 0.3) is 0 Å². The smallest absolute Gasteiger partial charge is 0.122 e. The summed E-state index contributed by atoms with van der Waals surface area (Å²) < 4.78 is 5.19. The molecule has 1 heterocycles. The molecule has 4 heteroatoms. The van der Waals surface area contributed by atoms with E-state index in [0.717, 1.165) is 18.0 Å². The number of nitrogens with one attached hydrogen (secondary N) is 1. The maximum Gasteiger partial charge on any atom is 0.122 e. The van der Waals surface area contributed by atoms with Crippen molar-refractivity contribution in [2.75, 3.05) is 18.2 Å². The van der Waals surface area contributed by atoms with Crippen molar-refractivity contribution in [3.63, 3.8) is 0 Å². The van der Waals surface area contributed by atoms with Crippen LogP contribution in [0.1, 0.15) is 15.3 Å². The van der Waals surface area contributed by atoms with Crippen molar-refractivity contribution in [3.05, 3.63) is 39.6 Å². The zero-order valence-corrected chi connectivity index (χ0v) is 11.7. The second kappa shape index (κ2) is 5.31. The predicted octanol–water partition coefficient (Wildman–Crippen LogP) is 3.57. The Kier molecular flexibility index (Phi) is 3.77. The van der Waals surface area contributed by atoms with E-state index in [1.54, 1.807) is 7.11 Å². The molecule has 0 amide bonds. The number of hydrogen-bond donors (Lipinski definition) is 2. The molecule has 0 aliphatic rings. The van der Waals surface area contributed by atoms with Crippen LogP contribution in [-0.4, -0.2) is 7.11 Å². The van der Waals surface area contributed by atoms with Crippen LogP contribution >= 0.6 is 11.3 Å². The fourth-order valence-corrected chi connectivity index (χ4v) is 2.76. The van der Waals surface area contributed by atoms with Gasteiger partial charge in [0, 0.05) is 39.8 Å².